The molecule has 1 aromatic carbocycles. The van der Waals surface area contributed by atoms with Gasteiger partial charge in [0, 0.05) is 18.1 Å². The molecule has 24 heavy (non-hydrogen) atoms. The highest BCUT2D eigenvalue weighted by Gasteiger charge is 2.16. The summed E-state index contributed by atoms with van der Waals surface area (Å²) in [6, 6.07) is 3.42. The van der Waals surface area contributed by atoms with Crippen LogP contribution in [-0.4, -0.2) is 40.5 Å². The summed E-state index contributed by atoms with van der Waals surface area (Å²) in [5.74, 6) is 0.720. The van der Waals surface area contributed by atoms with Gasteiger partial charge < -0.3 is 14.6 Å². The number of rotatable bonds is 7. The van der Waals surface area contributed by atoms with Crippen molar-refractivity contribution in [1.29, 1.82) is 0 Å². The Labute approximate surface area is 151 Å². The molecule has 0 amide bonds. The number of nitrogens with one attached hydrogen (secondary N) is 1. The van der Waals surface area contributed by atoms with E-state index in [-0.39, 0.29) is 4.91 Å². The van der Waals surface area contributed by atoms with Crippen molar-refractivity contribution in [3.05, 3.63) is 32.9 Å². The normalized spacial score (nSPS) is 11.4. The molecule has 9 heteroatoms. The molecular formula is C15H16BrN3O4S. The number of nitrogens with zero attached hydrogens (tertiary/aromatic N) is 2. The number of H-pyrrole nitrogens is 1. The molecule has 0 aliphatic carbocycles. The zero-order chi connectivity index (χ0) is 17.7. The first kappa shape index (κ1) is 18.3. The van der Waals surface area contributed by atoms with E-state index in [1.54, 1.807) is 19.2 Å². The Morgan fingerprint density at radius 1 is 1.38 bits per heavy atom. The Kier molecular flexibility index (Phi) is 6.27. The largest absolute Gasteiger partial charge is 0.496 e. The molecule has 0 saturated heterocycles. The Morgan fingerprint density at radius 3 is 2.62 bits per heavy atom. The number of methoxy groups -OCH3 is 2. The number of aryl methyl sites for hydroxylation is 1. The van der Waals surface area contributed by atoms with Crippen LogP contribution in [0.15, 0.2) is 26.7 Å². The number of carboxylic acids is 1. The van der Waals surface area contributed by atoms with E-state index in [0.29, 0.717) is 38.9 Å². The molecule has 0 spiro atoms. The van der Waals surface area contributed by atoms with Gasteiger partial charge in [-0.2, -0.15) is 0 Å². The van der Waals surface area contributed by atoms with E-state index in [0.717, 1.165) is 11.8 Å². The number of aromatic nitrogens is 3. The maximum atomic E-state index is 11.6. The smallest absolute Gasteiger partial charge is 0.342 e. The summed E-state index contributed by atoms with van der Waals surface area (Å²) in [5, 5.41) is 16.6. The van der Waals surface area contributed by atoms with Gasteiger partial charge in [0.25, 0.3) is 0 Å². The van der Waals surface area contributed by atoms with Crippen LogP contribution >= 0.6 is 27.7 Å². The summed E-state index contributed by atoms with van der Waals surface area (Å²) in [6.07, 6.45) is 2.21. The zero-order valence-corrected chi connectivity index (χ0v) is 15.7. The van der Waals surface area contributed by atoms with Crippen LogP contribution in [0.2, 0.25) is 0 Å². The molecule has 0 fully saturated rings. The quantitative estimate of drug-likeness (QED) is 0.530. The van der Waals surface area contributed by atoms with Crippen LogP contribution in [0.3, 0.4) is 0 Å². The van der Waals surface area contributed by atoms with E-state index in [2.05, 4.69) is 31.1 Å². The Balaban J connectivity index is 2.40. The van der Waals surface area contributed by atoms with Gasteiger partial charge in [0.2, 0.25) is 5.16 Å². The molecule has 0 radical (unpaired) electrons. The fourth-order valence-electron chi connectivity index (χ4n) is 1.85. The molecule has 128 valence electrons. The van der Waals surface area contributed by atoms with Crippen molar-refractivity contribution in [3.63, 3.8) is 0 Å². The van der Waals surface area contributed by atoms with Crippen molar-refractivity contribution in [1.82, 2.24) is 15.2 Å². The summed E-state index contributed by atoms with van der Waals surface area (Å²) < 4.78 is 11.2. The summed E-state index contributed by atoms with van der Waals surface area (Å²) in [7, 11) is 3.05. The minimum Gasteiger partial charge on any atom is -0.496 e. The molecule has 2 aromatic rings. The second-order valence-electron chi connectivity index (χ2n) is 4.56. The Morgan fingerprint density at radius 2 is 2.08 bits per heavy atom. The van der Waals surface area contributed by atoms with Gasteiger partial charge in [-0.05, 0) is 39.8 Å². The van der Waals surface area contributed by atoms with E-state index in [4.69, 9.17) is 9.47 Å². The summed E-state index contributed by atoms with van der Waals surface area (Å²) in [4.78, 5) is 15.8. The minimum absolute atomic E-state index is 0.0759. The van der Waals surface area contributed by atoms with Gasteiger partial charge >= 0.3 is 5.97 Å². The molecule has 0 atom stereocenters. The highest BCUT2D eigenvalue weighted by atomic mass is 79.9. The summed E-state index contributed by atoms with van der Waals surface area (Å²) >= 11 is 4.35. The number of ether oxygens (including phenoxy) is 2. The fourth-order valence-corrected chi connectivity index (χ4v) is 3.09. The third kappa shape index (κ3) is 4.30. The van der Waals surface area contributed by atoms with E-state index in [9.17, 15) is 9.90 Å². The lowest BCUT2D eigenvalue weighted by Gasteiger charge is -2.10. The van der Waals surface area contributed by atoms with Gasteiger partial charge in [-0.25, -0.2) is 9.78 Å². The number of halogens is 1. The summed E-state index contributed by atoms with van der Waals surface area (Å²) in [5.41, 5.74) is 0.598. The van der Waals surface area contributed by atoms with E-state index < -0.39 is 5.97 Å². The SMILES string of the molecule is CCc1nc(S/C(=C\c2cc(Br)c(OC)cc2OC)C(=O)O)n[nH]1. The topological polar surface area (TPSA) is 97.3 Å². The lowest BCUT2D eigenvalue weighted by atomic mass is 10.1. The molecule has 0 unspecified atom stereocenters. The van der Waals surface area contributed by atoms with Gasteiger partial charge in [0.1, 0.15) is 22.2 Å². The monoisotopic (exact) mass is 413 g/mol. The van der Waals surface area contributed by atoms with E-state index in [1.165, 1.54) is 13.2 Å². The third-order valence-electron chi connectivity index (χ3n) is 3.05. The Bertz CT molecular complexity index is 776. The molecule has 2 N–H and O–H groups in total. The first-order valence-corrected chi connectivity index (χ1v) is 8.55. The molecular weight excluding hydrogens is 398 g/mol. The van der Waals surface area contributed by atoms with Crippen LogP contribution in [0.1, 0.15) is 18.3 Å². The van der Waals surface area contributed by atoms with E-state index >= 15 is 0 Å². The number of carbonyl (C=O) groups is 1. The third-order valence-corrected chi connectivity index (χ3v) is 4.55. The summed E-state index contributed by atoms with van der Waals surface area (Å²) in [6.45, 7) is 1.93. The maximum Gasteiger partial charge on any atom is 0.342 e. The van der Waals surface area contributed by atoms with Crippen molar-refractivity contribution in [2.75, 3.05) is 14.2 Å². The van der Waals surface area contributed by atoms with Crippen LogP contribution in [0.5, 0.6) is 11.5 Å². The molecule has 0 aliphatic heterocycles. The van der Waals surface area contributed by atoms with Gasteiger partial charge in [-0.3, -0.25) is 5.10 Å². The number of hydrogen-bond donors (Lipinski definition) is 2. The second-order valence-corrected chi connectivity index (χ2v) is 6.43. The van der Waals surface area contributed by atoms with Crippen molar-refractivity contribution in [3.8, 4) is 11.5 Å². The fraction of sp³-hybridized carbons (Fsp3) is 0.267. The average molecular weight is 414 g/mol. The molecule has 0 bridgehead atoms. The van der Waals surface area contributed by atoms with E-state index in [1.807, 2.05) is 6.92 Å². The first-order chi connectivity index (χ1) is 11.5. The number of aliphatic carboxylic acids is 1. The molecule has 0 saturated carbocycles. The van der Waals surface area contributed by atoms with Crippen LogP contribution in [0.25, 0.3) is 6.08 Å². The number of thioether (sulfide) groups is 1. The highest BCUT2D eigenvalue weighted by molar-refractivity contribution is 9.10. The van der Waals surface area contributed by atoms with Gasteiger partial charge in [0.05, 0.1) is 18.7 Å². The van der Waals surface area contributed by atoms with Crippen LogP contribution < -0.4 is 9.47 Å². The Hall–Kier alpha value is -2.00. The van der Waals surface area contributed by atoms with Crippen LogP contribution in [0, 0.1) is 0 Å². The van der Waals surface area contributed by atoms with Crippen LogP contribution in [0.4, 0.5) is 0 Å². The lowest BCUT2D eigenvalue weighted by molar-refractivity contribution is -0.131. The molecule has 1 heterocycles. The zero-order valence-electron chi connectivity index (χ0n) is 13.3. The number of aromatic amines is 1. The van der Waals surface area contributed by atoms with Crippen molar-refractivity contribution in [2.45, 2.75) is 18.5 Å². The van der Waals surface area contributed by atoms with Gasteiger partial charge in [0.15, 0.2) is 0 Å². The second kappa shape index (κ2) is 8.20. The molecule has 0 aliphatic rings. The standard InChI is InChI=1S/C15H16BrN3O4S/c1-4-13-17-15(19-18-13)24-12(14(20)21)6-8-5-9(16)11(23-3)7-10(8)22-2/h5-7H,4H2,1-3H3,(H,20,21)(H,17,18,19)/b12-6-. The molecule has 2 rings (SSSR count). The maximum absolute atomic E-state index is 11.6. The van der Waals surface area contributed by atoms with Crippen LogP contribution in [-0.2, 0) is 11.2 Å². The highest BCUT2D eigenvalue weighted by Crippen LogP contribution is 2.35. The average Bonchev–Trinajstić information content (AvgIpc) is 3.02. The van der Waals surface area contributed by atoms with Crippen molar-refractivity contribution >= 4 is 39.7 Å². The van der Waals surface area contributed by atoms with Gasteiger partial charge in [-0.1, -0.05) is 6.92 Å². The number of hydrogen-bond acceptors (Lipinski definition) is 6. The van der Waals surface area contributed by atoms with Gasteiger partial charge in [-0.15, -0.1) is 5.10 Å². The first-order valence-electron chi connectivity index (χ1n) is 6.94. The van der Waals surface area contributed by atoms with Crippen molar-refractivity contribution in [2.24, 2.45) is 0 Å². The molecule has 7 nitrogen and oxygen atoms in total. The predicted octanol–water partition coefficient (Wildman–Crippen LogP) is 3.36. The lowest BCUT2D eigenvalue weighted by Crippen LogP contribution is -1.98. The van der Waals surface area contributed by atoms with Crippen molar-refractivity contribution < 1.29 is 19.4 Å². The number of benzene rings is 1. The minimum atomic E-state index is -1.07. The molecule has 1 aromatic heterocycles. The predicted molar refractivity (Wildman–Crippen MR) is 94.5 cm³/mol. The number of carboxylic acid groups (broad SMARTS) is 1.